The molecule has 17 heavy (non-hydrogen) atoms. The zero-order valence-corrected chi connectivity index (χ0v) is 10.9. The van der Waals surface area contributed by atoms with E-state index in [1.807, 2.05) is 19.1 Å². The van der Waals surface area contributed by atoms with Crippen LogP contribution in [0, 0.1) is 5.41 Å². The average Bonchev–Trinajstić information content (AvgIpc) is 2.19. The average molecular weight is 242 g/mol. The van der Waals surface area contributed by atoms with Crippen molar-refractivity contribution in [2.45, 2.75) is 40.2 Å². The number of carboxylic acid groups (broad SMARTS) is 1. The fourth-order valence-corrected chi connectivity index (χ4v) is 1.27. The second-order valence-corrected chi connectivity index (χ2v) is 4.90. The van der Waals surface area contributed by atoms with Gasteiger partial charge >= 0.3 is 12.0 Å². The van der Waals surface area contributed by atoms with Crippen molar-refractivity contribution in [3.8, 4) is 0 Å². The molecule has 0 aromatic rings. The number of rotatable bonds is 5. The van der Waals surface area contributed by atoms with Crippen molar-refractivity contribution >= 4 is 12.0 Å². The molecule has 0 heterocycles. The molecule has 0 aromatic carbocycles. The lowest BCUT2D eigenvalue weighted by atomic mass is 9.87. The van der Waals surface area contributed by atoms with Crippen molar-refractivity contribution in [2.75, 3.05) is 6.54 Å². The largest absolute Gasteiger partial charge is 0.480 e. The van der Waals surface area contributed by atoms with E-state index >= 15 is 0 Å². The van der Waals surface area contributed by atoms with Crippen molar-refractivity contribution in [3.05, 3.63) is 12.2 Å². The van der Waals surface area contributed by atoms with Crippen LogP contribution in [0.1, 0.15) is 34.1 Å². The normalized spacial score (nSPS) is 13.4. The van der Waals surface area contributed by atoms with Crippen LogP contribution in [0.25, 0.3) is 0 Å². The van der Waals surface area contributed by atoms with E-state index in [0.717, 1.165) is 6.42 Å². The summed E-state index contributed by atoms with van der Waals surface area (Å²) in [5.74, 6) is -1.03. The summed E-state index contributed by atoms with van der Waals surface area (Å²) in [6.07, 6.45) is 4.56. The van der Waals surface area contributed by atoms with Gasteiger partial charge in [0.05, 0.1) is 0 Å². The van der Waals surface area contributed by atoms with E-state index < -0.39 is 23.5 Å². The number of carbonyl (C=O) groups is 2. The Morgan fingerprint density at radius 3 is 2.35 bits per heavy atom. The number of aliphatic carboxylic acids is 1. The highest BCUT2D eigenvalue weighted by Gasteiger charge is 2.32. The molecule has 0 saturated carbocycles. The van der Waals surface area contributed by atoms with Crippen LogP contribution in [0.15, 0.2) is 12.2 Å². The topological polar surface area (TPSA) is 78.4 Å². The van der Waals surface area contributed by atoms with E-state index in [-0.39, 0.29) is 0 Å². The molecule has 2 amide bonds. The Morgan fingerprint density at radius 1 is 1.35 bits per heavy atom. The van der Waals surface area contributed by atoms with Crippen LogP contribution in [-0.4, -0.2) is 29.7 Å². The van der Waals surface area contributed by atoms with Crippen molar-refractivity contribution in [1.29, 1.82) is 0 Å². The van der Waals surface area contributed by atoms with E-state index in [9.17, 15) is 9.59 Å². The zero-order valence-electron chi connectivity index (χ0n) is 10.9. The molecule has 0 aliphatic carbocycles. The molecule has 0 rings (SSSR count). The van der Waals surface area contributed by atoms with E-state index in [1.54, 1.807) is 20.8 Å². The summed E-state index contributed by atoms with van der Waals surface area (Å²) in [5, 5.41) is 14.1. The number of carboxylic acids is 1. The van der Waals surface area contributed by atoms with Crippen LogP contribution in [0.2, 0.25) is 0 Å². The second kappa shape index (κ2) is 6.93. The number of carbonyl (C=O) groups excluding carboxylic acids is 1. The van der Waals surface area contributed by atoms with Crippen LogP contribution in [0.5, 0.6) is 0 Å². The van der Waals surface area contributed by atoms with Gasteiger partial charge in [-0.1, -0.05) is 32.9 Å². The van der Waals surface area contributed by atoms with Crippen molar-refractivity contribution in [2.24, 2.45) is 5.41 Å². The number of allylic oxidation sites excluding steroid dienone is 1. The molecule has 0 saturated heterocycles. The molecule has 1 unspecified atom stereocenters. The first kappa shape index (κ1) is 15.5. The standard InChI is InChI=1S/C12H22N2O3/c1-5-6-7-8-13-11(17)14-9(10(15)16)12(2,3)4/h5-6,9H,7-8H2,1-4H3,(H,15,16)(H2,13,14,17)/b6-5+. The summed E-state index contributed by atoms with van der Waals surface area (Å²) in [6.45, 7) is 7.70. The summed E-state index contributed by atoms with van der Waals surface area (Å²) in [6, 6.07) is -1.35. The maximum atomic E-state index is 11.5. The van der Waals surface area contributed by atoms with Gasteiger partial charge in [0, 0.05) is 6.54 Å². The van der Waals surface area contributed by atoms with Crippen LogP contribution in [0.4, 0.5) is 4.79 Å². The van der Waals surface area contributed by atoms with Gasteiger partial charge in [-0.05, 0) is 18.8 Å². The Kier molecular flexibility index (Phi) is 6.31. The molecule has 3 N–H and O–H groups in total. The molecule has 0 radical (unpaired) electrons. The van der Waals surface area contributed by atoms with E-state index in [4.69, 9.17) is 5.11 Å². The van der Waals surface area contributed by atoms with Gasteiger partial charge in [-0.15, -0.1) is 0 Å². The van der Waals surface area contributed by atoms with E-state index in [1.165, 1.54) is 0 Å². The molecule has 0 bridgehead atoms. The Morgan fingerprint density at radius 2 is 1.94 bits per heavy atom. The van der Waals surface area contributed by atoms with Gasteiger partial charge in [0.2, 0.25) is 0 Å². The number of hydrogen-bond donors (Lipinski definition) is 3. The van der Waals surface area contributed by atoms with E-state index in [0.29, 0.717) is 6.54 Å². The molecule has 5 nitrogen and oxygen atoms in total. The third-order valence-electron chi connectivity index (χ3n) is 2.22. The number of hydrogen-bond acceptors (Lipinski definition) is 2. The Labute approximate surface area is 102 Å². The summed E-state index contributed by atoms with van der Waals surface area (Å²) >= 11 is 0. The lowest BCUT2D eigenvalue weighted by Crippen LogP contribution is -2.52. The molecular weight excluding hydrogens is 220 g/mol. The predicted molar refractivity (Wildman–Crippen MR) is 66.8 cm³/mol. The summed E-state index contributed by atoms with van der Waals surface area (Å²) in [7, 11) is 0. The Bertz CT molecular complexity index is 293. The predicted octanol–water partition coefficient (Wildman–Crippen LogP) is 1.75. The molecule has 0 fully saturated rings. The van der Waals surface area contributed by atoms with Crippen LogP contribution >= 0.6 is 0 Å². The quantitative estimate of drug-likeness (QED) is 0.507. The zero-order chi connectivity index (χ0) is 13.5. The highest BCUT2D eigenvalue weighted by molar-refractivity contribution is 5.83. The molecule has 0 aliphatic heterocycles. The van der Waals surface area contributed by atoms with Gasteiger partial charge in [0.1, 0.15) is 6.04 Å². The lowest BCUT2D eigenvalue weighted by molar-refractivity contribution is -0.141. The first-order valence-corrected chi connectivity index (χ1v) is 5.67. The first-order valence-electron chi connectivity index (χ1n) is 5.67. The van der Waals surface area contributed by atoms with Gasteiger partial charge in [-0.2, -0.15) is 0 Å². The maximum Gasteiger partial charge on any atom is 0.326 e. The Balaban J connectivity index is 4.19. The monoisotopic (exact) mass is 242 g/mol. The summed E-state index contributed by atoms with van der Waals surface area (Å²) in [5.41, 5.74) is -0.521. The number of nitrogens with one attached hydrogen (secondary N) is 2. The van der Waals surface area contributed by atoms with E-state index in [2.05, 4.69) is 10.6 Å². The number of urea groups is 1. The van der Waals surface area contributed by atoms with Crippen LogP contribution in [-0.2, 0) is 4.79 Å². The third kappa shape index (κ3) is 6.60. The smallest absolute Gasteiger partial charge is 0.326 e. The highest BCUT2D eigenvalue weighted by atomic mass is 16.4. The minimum absolute atomic E-state index is 0.447. The molecule has 0 spiro atoms. The lowest BCUT2D eigenvalue weighted by Gasteiger charge is -2.27. The van der Waals surface area contributed by atoms with Crippen molar-refractivity contribution < 1.29 is 14.7 Å². The maximum absolute atomic E-state index is 11.5. The van der Waals surface area contributed by atoms with Gasteiger partial charge < -0.3 is 15.7 Å². The van der Waals surface area contributed by atoms with Gasteiger partial charge in [0.15, 0.2) is 0 Å². The molecule has 1 atom stereocenters. The molecule has 0 aliphatic rings. The minimum atomic E-state index is -1.03. The summed E-state index contributed by atoms with van der Waals surface area (Å²) in [4.78, 5) is 22.5. The Hall–Kier alpha value is -1.52. The molecule has 5 heteroatoms. The van der Waals surface area contributed by atoms with Gasteiger partial charge in [0.25, 0.3) is 0 Å². The molecule has 0 aromatic heterocycles. The van der Waals surface area contributed by atoms with Gasteiger partial charge in [-0.25, -0.2) is 9.59 Å². The summed E-state index contributed by atoms with van der Waals surface area (Å²) < 4.78 is 0. The van der Waals surface area contributed by atoms with Crippen LogP contribution < -0.4 is 10.6 Å². The minimum Gasteiger partial charge on any atom is -0.480 e. The number of amides is 2. The van der Waals surface area contributed by atoms with Crippen molar-refractivity contribution in [3.63, 3.8) is 0 Å². The second-order valence-electron chi connectivity index (χ2n) is 4.90. The van der Waals surface area contributed by atoms with Crippen LogP contribution in [0.3, 0.4) is 0 Å². The third-order valence-corrected chi connectivity index (χ3v) is 2.22. The SMILES string of the molecule is C/C=C/CCNC(=O)NC(C(=O)O)C(C)(C)C. The molecule has 98 valence electrons. The fraction of sp³-hybridized carbons (Fsp3) is 0.667. The highest BCUT2D eigenvalue weighted by Crippen LogP contribution is 2.19. The van der Waals surface area contributed by atoms with Gasteiger partial charge in [-0.3, -0.25) is 0 Å². The molecular formula is C12H22N2O3. The fourth-order valence-electron chi connectivity index (χ4n) is 1.27. The van der Waals surface area contributed by atoms with Crippen molar-refractivity contribution in [1.82, 2.24) is 10.6 Å². The first-order chi connectivity index (χ1) is 7.79.